The van der Waals surface area contributed by atoms with Gasteiger partial charge in [-0.25, -0.2) is 8.42 Å². The smallest absolute Gasteiger partial charge is 0.269 e. The van der Waals surface area contributed by atoms with Crippen LogP contribution in [-0.4, -0.2) is 26.6 Å². The van der Waals surface area contributed by atoms with Gasteiger partial charge in [-0.2, -0.15) is 0 Å². The van der Waals surface area contributed by atoms with E-state index in [4.69, 9.17) is 4.74 Å². The Hall–Kier alpha value is -1.14. The molecule has 1 aromatic carbocycles. The summed E-state index contributed by atoms with van der Waals surface area (Å²) in [7, 11) is -2.56. The van der Waals surface area contributed by atoms with Gasteiger partial charge in [0.1, 0.15) is 5.75 Å². The van der Waals surface area contributed by atoms with Crippen molar-refractivity contribution in [1.29, 1.82) is 0 Å². The van der Waals surface area contributed by atoms with Gasteiger partial charge >= 0.3 is 0 Å². The molecule has 0 aliphatic carbocycles. The first-order valence-electron chi connectivity index (χ1n) is 6.85. The van der Waals surface area contributed by atoms with Gasteiger partial charge in [-0.1, -0.05) is 32.6 Å². The van der Waals surface area contributed by atoms with Gasteiger partial charge in [0, 0.05) is 6.54 Å². The number of unbranched alkanes of at least 4 members (excludes halogenated alkanes) is 4. The van der Waals surface area contributed by atoms with Gasteiger partial charge in [-0.3, -0.25) is 0 Å². The summed E-state index contributed by atoms with van der Waals surface area (Å²) >= 11 is 0. The first-order chi connectivity index (χ1) is 9.52. The summed E-state index contributed by atoms with van der Waals surface area (Å²) in [5.41, 5.74) is 0. The van der Waals surface area contributed by atoms with Crippen molar-refractivity contribution in [3.63, 3.8) is 0 Å². The van der Waals surface area contributed by atoms with Crippen LogP contribution in [0.2, 0.25) is 0 Å². The molecule has 0 spiro atoms. The normalized spacial score (nSPS) is 11.8. The molecule has 0 N–H and O–H groups in total. The quantitative estimate of drug-likeness (QED) is 0.518. The van der Waals surface area contributed by atoms with Crippen molar-refractivity contribution in [3.05, 3.63) is 24.3 Å². The fourth-order valence-electron chi connectivity index (χ4n) is 1.82. The topological polar surface area (TPSA) is 46.6 Å². The maximum atomic E-state index is 13.8. The fourth-order valence-corrected chi connectivity index (χ4v) is 2.90. The van der Waals surface area contributed by atoms with E-state index in [1.165, 1.54) is 31.4 Å². The molecule has 0 saturated carbocycles. The molecule has 0 unspecified atom stereocenters. The minimum Gasteiger partial charge on any atom is -0.497 e. The van der Waals surface area contributed by atoms with Crippen LogP contribution < -0.4 is 4.74 Å². The highest BCUT2D eigenvalue weighted by molar-refractivity contribution is 7.89. The number of ether oxygens (including phenoxy) is 1. The van der Waals surface area contributed by atoms with Gasteiger partial charge in [0.25, 0.3) is 10.0 Å². The molecule has 114 valence electrons. The van der Waals surface area contributed by atoms with Gasteiger partial charge in [0.15, 0.2) is 0 Å². The number of benzene rings is 1. The zero-order valence-electron chi connectivity index (χ0n) is 12.0. The van der Waals surface area contributed by atoms with Crippen molar-refractivity contribution < 1.29 is 17.6 Å². The molecule has 0 aliphatic rings. The highest BCUT2D eigenvalue weighted by Gasteiger charge is 2.23. The van der Waals surface area contributed by atoms with Crippen molar-refractivity contribution in [1.82, 2.24) is 4.53 Å². The fraction of sp³-hybridized carbons (Fsp3) is 0.571. The second-order valence-electron chi connectivity index (χ2n) is 4.61. The van der Waals surface area contributed by atoms with Crippen molar-refractivity contribution in [2.75, 3.05) is 13.7 Å². The standard InChI is InChI=1S/C14H22FNO3S/c1-3-4-5-6-7-12-16(15)20(17,18)14-10-8-13(19-2)9-11-14/h8-11H,3-7,12H2,1-2H3. The lowest BCUT2D eigenvalue weighted by atomic mass is 10.2. The molecule has 0 atom stereocenters. The van der Waals surface area contributed by atoms with Crippen LogP contribution >= 0.6 is 0 Å². The summed E-state index contributed by atoms with van der Waals surface area (Å²) in [6.07, 6.45) is 4.58. The Morgan fingerprint density at radius 1 is 1.10 bits per heavy atom. The van der Waals surface area contributed by atoms with E-state index in [0.29, 0.717) is 12.2 Å². The summed E-state index contributed by atoms with van der Waals surface area (Å²) in [4.78, 5) is -0.0608. The number of halogens is 1. The Morgan fingerprint density at radius 2 is 1.70 bits per heavy atom. The molecule has 1 aromatic rings. The Labute approximate surface area is 120 Å². The third-order valence-corrected chi connectivity index (χ3v) is 4.63. The van der Waals surface area contributed by atoms with E-state index in [1.807, 2.05) is 0 Å². The zero-order chi connectivity index (χ0) is 15.0. The molecular weight excluding hydrogens is 281 g/mol. The minimum atomic E-state index is -4.05. The predicted octanol–water partition coefficient (Wildman–Crippen LogP) is 3.54. The van der Waals surface area contributed by atoms with Gasteiger partial charge in [-0.05, 0) is 35.2 Å². The van der Waals surface area contributed by atoms with Crippen LogP contribution in [0.1, 0.15) is 39.0 Å². The molecule has 1 rings (SSSR count). The summed E-state index contributed by atoms with van der Waals surface area (Å²) in [6, 6.07) is 5.69. The number of methoxy groups -OCH3 is 1. The van der Waals surface area contributed by atoms with Crippen LogP contribution in [0.25, 0.3) is 0 Å². The van der Waals surface area contributed by atoms with E-state index >= 15 is 0 Å². The van der Waals surface area contributed by atoms with Crippen LogP contribution in [0.4, 0.5) is 4.48 Å². The molecule has 0 amide bonds. The van der Waals surface area contributed by atoms with Gasteiger partial charge < -0.3 is 4.74 Å². The molecule has 0 aliphatic heterocycles. The number of hydrogen-bond donors (Lipinski definition) is 0. The predicted molar refractivity (Wildman–Crippen MR) is 76.8 cm³/mol. The van der Waals surface area contributed by atoms with Crippen molar-refractivity contribution in [2.24, 2.45) is 0 Å². The van der Waals surface area contributed by atoms with Crippen molar-refractivity contribution >= 4 is 10.0 Å². The van der Waals surface area contributed by atoms with Gasteiger partial charge in [0.05, 0.1) is 12.0 Å². The first kappa shape index (κ1) is 16.9. The van der Waals surface area contributed by atoms with Crippen molar-refractivity contribution in [2.45, 2.75) is 43.9 Å². The Morgan fingerprint density at radius 3 is 2.25 bits per heavy atom. The second-order valence-corrected chi connectivity index (χ2v) is 6.42. The Kier molecular flexibility index (Phi) is 6.95. The minimum absolute atomic E-state index is 0.0608. The summed E-state index contributed by atoms with van der Waals surface area (Å²) in [5.74, 6) is 0.536. The molecule has 0 aromatic heterocycles. The maximum Gasteiger partial charge on any atom is 0.269 e. The lowest BCUT2D eigenvalue weighted by molar-refractivity contribution is 0.136. The molecular formula is C14H22FNO3S. The third kappa shape index (κ3) is 4.76. The highest BCUT2D eigenvalue weighted by atomic mass is 32.2. The lowest BCUT2D eigenvalue weighted by Gasteiger charge is -2.12. The van der Waals surface area contributed by atoms with E-state index in [0.717, 1.165) is 25.7 Å². The highest BCUT2D eigenvalue weighted by Crippen LogP contribution is 2.20. The van der Waals surface area contributed by atoms with E-state index < -0.39 is 10.0 Å². The number of sulfonamides is 1. The molecule has 0 radical (unpaired) electrons. The van der Waals surface area contributed by atoms with Crippen molar-refractivity contribution in [3.8, 4) is 5.75 Å². The second kappa shape index (κ2) is 8.21. The van der Waals surface area contributed by atoms with E-state index in [2.05, 4.69) is 6.92 Å². The number of nitrogens with zero attached hydrogens (tertiary/aromatic N) is 1. The molecule has 0 fully saturated rings. The first-order valence-corrected chi connectivity index (χ1v) is 8.29. The SMILES string of the molecule is CCCCCCCN(F)S(=O)(=O)c1ccc(OC)cc1. The third-order valence-electron chi connectivity index (χ3n) is 3.06. The molecule has 20 heavy (non-hydrogen) atoms. The Bertz CT molecular complexity index is 488. The summed E-state index contributed by atoms with van der Waals surface area (Å²) in [5, 5.41) is 0. The van der Waals surface area contributed by atoms with Crippen LogP contribution in [0, 0.1) is 0 Å². The van der Waals surface area contributed by atoms with Crippen LogP contribution in [0.3, 0.4) is 0 Å². The van der Waals surface area contributed by atoms with Crippen LogP contribution in [0.5, 0.6) is 5.75 Å². The largest absolute Gasteiger partial charge is 0.497 e. The zero-order valence-corrected chi connectivity index (χ0v) is 12.8. The molecule has 0 saturated heterocycles. The van der Waals surface area contributed by atoms with E-state index in [9.17, 15) is 12.9 Å². The van der Waals surface area contributed by atoms with E-state index in [1.54, 1.807) is 0 Å². The summed E-state index contributed by atoms with van der Waals surface area (Å²) < 4.78 is 42.6. The van der Waals surface area contributed by atoms with Gasteiger partial charge in [0.2, 0.25) is 0 Å². The molecule has 4 nitrogen and oxygen atoms in total. The van der Waals surface area contributed by atoms with Crippen LogP contribution in [-0.2, 0) is 10.0 Å². The number of hydrogen-bond acceptors (Lipinski definition) is 3. The molecule has 6 heteroatoms. The monoisotopic (exact) mass is 303 g/mol. The molecule has 0 bridgehead atoms. The van der Waals surface area contributed by atoms with E-state index in [-0.39, 0.29) is 16.0 Å². The average molecular weight is 303 g/mol. The maximum absolute atomic E-state index is 13.8. The lowest BCUT2D eigenvalue weighted by Crippen LogP contribution is -2.24. The summed E-state index contributed by atoms with van der Waals surface area (Å²) in [6.45, 7) is 1.99. The Balaban J connectivity index is 2.57. The van der Waals surface area contributed by atoms with Gasteiger partial charge in [-0.15, -0.1) is 4.48 Å². The molecule has 0 heterocycles. The van der Waals surface area contributed by atoms with Crippen LogP contribution in [0.15, 0.2) is 29.2 Å². The average Bonchev–Trinajstić information content (AvgIpc) is 2.46. The number of rotatable bonds is 9.